The van der Waals surface area contributed by atoms with E-state index in [-0.39, 0.29) is 17.9 Å². The molecule has 0 unspecified atom stereocenters. The molecule has 0 aliphatic heterocycles. The molecule has 0 bridgehead atoms. The lowest BCUT2D eigenvalue weighted by Crippen LogP contribution is -2.33. The van der Waals surface area contributed by atoms with E-state index in [2.05, 4.69) is 15.6 Å². The molecule has 0 radical (unpaired) electrons. The number of nitrogens with one attached hydrogen (secondary N) is 2. The van der Waals surface area contributed by atoms with Gasteiger partial charge >= 0.3 is 0 Å². The molecule has 2 amide bonds. The lowest BCUT2D eigenvalue weighted by atomic mass is 10.1. The molecule has 2 aromatic rings. The van der Waals surface area contributed by atoms with E-state index in [1.54, 1.807) is 6.07 Å². The van der Waals surface area contributed by atoms with E-state index in [0.717, 1.165) is 36.8 Å². The predicted octanol–water partition coefficient (Wildman–Crippen LogP) is 2.99. The molecule has 5 nitrogen and oxygen atoms in total. The number of aromatic nitrogens is 1. The molecule has 3 rings (SSSR count). The Labute approximate surface area is 147 Å². The average molecular weight is 337 g/mol. The molecule has 1 heterocycles. The van der Waals surface area contributed by atoms with Gasteiger partial charge in [0.2, 0.25) is 0 Å². The van der Waals surface area contributed by atoms with Crippen molar-refractivity contribution in [1.82, 2.24) is 15.6 Å². The van der Waals surface area contributed by atoms with Crippen molar-refractivity contribution in [2.45, 2.75) is 45.2 Å². The summed E-state index contributed by atoms with van der Waals surface area (Å²) < 4.78 is 0. The molecule has 2 N–H and O–H groups in total. The first-order chi connectivity index (χ1) is 12.1. The Morgan fingerprint density at radius 1 is 1.08 bits per heavy atom. The van der Waals surface area contributed by atoms with Crippen LogP contribution in [0.25, 0.3) is 0 Å². The number of amides is 2. The van der Waals surface area contributed by atoms with E-state index in [1.807, 2.05) is 31.2 Å². The van der Waals surface area contributed by atoms with Crippen molar-refractivity contribution >= 4 is 11.8 Å². The highest BCUT2D eigenvalue weighted by molar-refractivity contribution is 5.99. The quantitative estimate of drug-likeness (QED) is 0.881. The largest absolute Gasteiger partial charge is 0.349 e. The van der Waals surface area contributed by atoms with Crippen molar-refractivity contribution < 1.29 is 9.59 Å². The van der Waals surface area contributed by atoms with E-state index in [9.17, 15) is 9.59 Å². The normalized spacial score (nSPS) is 14.3. The molecule has 25 heavy (non-hydrogen) atoms. The molecule has 0 atom stereocenters. The van der Waals surface area contributed by atoms with Gasteiger partial charge in [0.1, 0.15) is 0 Å². The standard InChI is InChI=1S/C20H23N3O2/c1-14-6-2-3-7-15(14)13-22-19(24)16-10-17(12-21-11-16)20(25)23-18-8-4-5-9-18/h2-3,6-7,10-12,18H,4-5,8-9,13H2,1H3,(H,22,24)(H,23,25). The van der Waals surface area contributed by atoms with Crippen molar-refractivity contribution in [3.05, 3.63) is 65.0 Å². The van der Waals surface area contributed by atoms with E-state index >= 15 is 0 Å². The zero-order chi connectivity index (χ0) is 17.6. The number of aryl methyl sites for hydroxylation is 1. The molecular formula is C20H23N3O2. The van der Waals surface area contributed by atoms with E-state index in [1.165, 1.54) is 12.4 Å². The molecule has 0 saturated heterocycles. The van der Waals surface area contributed by atoms with Crippen LogP contribution in [-0.2, 0) is 6.54 Å². The Balaban J connectivity index is 1.63. The second-order valence-corrected chi connectivity index (χ2v) is 6.53. The third-order valence-corrected chi connectivity index (χ3v) is 4.65. The number of nitrogens with zero attached hydrogens (tertiary/aromatic N) is 1. The molecular weight excluding hydrogens is 314 g/mol. The molecule has 1 fully saturated rings. The van der Waals surface area contributed by atoms with Crippen molar-refractivity contribution in [2.24, 2.45) is 0 Å². The van der Waals surface area contributed by atoms with Gasteiger partial charge in [-0.25, -0.2) is 0 Å². The maximum Gasteiger partial charge on any atom is 0.253 e. The Bertz CT molecular complexity index is 767. The van der Waals surface area contributed by atoms with Gasteiger partial charge in [0.05, 0.1) is 11.1 Å². The van der Waals surface area contributed by atoms with Gasteiger partial charge in [-0.2, -0.15) is 0 Å². The summed E-state index contributed by atoms with van der Waals surface area (Å²) in [4.78, 5) is 28.7. The second-order valence-electron chi connectivity index (χ2n) is 6.53. The molecule has 1 aliphatic rings. The summed E-state index contributed by atoms with van der Waals surface area (Å²) in [5.41, 5.74) is 3.02. The van der Waals surface area contributed by atoms with Crippen LogP contribution in [0.3, 0.4) is 0 Å². The molecule has 1 aromatic heterocycles. The Hall–Kier alpha value is -2.69. The van der Waals surface area contributed by atoms with Gasteiger partial charge < -0.3 is 10.6 Å². The second kappa shape index (κ2) is 7.92. The van der Waals surface area contributed by atoms with Gasteiger partial charge in [-0.05, 0) is 37.0 Å². The van der Waals surface area contributed by atoms with Crippen molar-refractivity contribution in [3.63, 3.8) is 0 Å². The zero-order valence-corrected chi connectivity index (χ0v) is 14.4. The molecule has 0 spiro atoms. The van der Waals surface area contributed by atoms with Gasteiger partial charge in [-0.3, -0.25) is 14.6 Å². The minimum absolute atomic E-state index is 0.159. The number of rotatable bonds is 5. The summed E-state index contributed by atoms with van der Waals surface area (Å²) in [6.45, 7) is 2.46. The van der Waals surface area contributed by atoms with E-state index < -0.39 is 0 Å². The third-order valence-electron chi connectivity index (χ3n) is 4.65. The van der Waals surface area contributed by atoms with Crippen LogP contribution in [0.1, 0.15) is 57.5 Å². The zero-order valence-electron chi connectivity index (χ0n) is 14.4. The highest BCUT2D eigenvalue weighted by Crippen LogP contribution is 2.18. The summed E-state index contributed by atoms with van der Waals surface area (Å²) in [5, 5.41) is 5.90. The van der Waals surface area contributed by atoms with Crippen molar-refractivity contribution in [3.8, 4) is 0 Å². The summed E-state index contributed by atoms with van der Waals surface area (Å²) in [7, 11) is 0. The van der Waals surface area contributed by atoms with Crippen molar-refractivity contribution in [1.29, 1.82) is 0 Å². The highest BCUT2D eigenvalue weighted by atomic mass is 16.2. The fourth-order valence-corrected chi connectivity index (χ4v) is 3.11. The highest BCUT2D eigenvalue weighted by Gasteiger charge is 2.19. The molecule has 5 heteroatoms. The third kappa shape index (κ3) is 4.44. The van der Waals surface area contributed by atoms with Gasteiger partial charge in [-0.1, -0.05) is 37.1 Å². The minimum Gasteiger partial charge on any atom is -0.349 e. The summed E-state index contributed by atoms with van der Waals surface area (Å²) in [6.07, 6.45) is 7.35. The number of hydrogen-bond donors (Lipinski definition) is 2. The minimum atomic E-state index is -0.230. The van der Waals surface area contributed by atoms with Crippen LogP contribution in [0, 0.1) is 6.92 Å². The molecule has 1 aliphatic carbocycles. The first-order valence-electron chi connectivity index (χ1n) is 8.72. The van der Waals surface area contributed by atoms with Crippen LogP contribution >= 0.6 is 0 Å². The average Bonchev–Trinajstić information content (AvgIpc) is 3.14. The van der Waals surface area contributed by atoms with Gasteiger partial charge in [-0.15, -0.1) is 0 Å². The lowest BCUT2D eigenvalue weighted by molar-refractivity contribution is 0.0937. The number of pyridine rings is 1. The molecule has 1 aromatic carbocycles. The van der Waals surface area contributed by atoms with E-state index in [0.29, 0.717) is 17.7 Å². The smallest absolute Gasteiger partial charge is 0.253 e. The van der Waals surface area contributed by atoms with E-state index in [4.69, 9.17) is 0 Å². The first-order valence-corrected chi connectivity index (χ1v) is 8.72. The van der Waals surface area contributed by atoms with Crippen LogP contribution in [0.2, 0.25) is 0 Å². The fourth-order valence-electron chi connectivity index (χ4n) is 3.11. The van der Waals surface area contributed by atoms with Crippen LogP contribution in [0.5, 0.6) is 0 Å². The van der Waals surface area contributed by atoms with Gasteiger partial charge in [0.25, 0.3) is 11.8 Å². The number of benzene rings is 1. The number of hydrogen-bond acceptors (Lipinski definition) is 3. The molecule has 1 saturated carbocycles. The predicted molar refractivity (Wildman–Crippen MR) is 96.3 cm³/mol. The molecule has 130 valence electrons. The Morgan fingerprint density at radius 3 is 2.48 bits per heavy atom. The van der Waals surface area contributed by atoms with Crippen LogP contribution in [0.15, 0.2) is 42.7 Å². The maximum absolute atomic E-state index is 12.4. The van der Waals surface area contributed by atoms with Crippen molar-refractivity contribution in [2.75, 3.05) is 0 Å². The Morgan fingerprint density at radius 2 is 1.76 bits per heavy atom. The first kappa shape index (κ1) is 17.1. The SMILES string of the molecule is Cc1ccccc1CNC(=O)c1cncc(C(=O)NC2CCCC2)c1. The number of carbonyl (C=O) groups excluding carboxylic acids is 2. The van der Waals surface area contributed by atoms with Gasteiger partial charge in [0.15, 0.2) is 0 Å². The summed E-state index contributed by atoms with van der Waals surface area (Å²) in [5.74, 6) is -0.390. The van der Waals surface area contributed by atoms with Gasteiger partial charge in [0, 0.05) is 25.0 Å². The Kier molecular flexibility index (Phi) is 5.43. The fraction of sp³-hybridized carbons (Fsp3) is 0.350. The topological polar surface area (TPSA) is 71.1 Å². The monoisotopic (exact) mass is 337 g/mol. The van der Waals surface area contributed by atoms with Crippen LogP contribution in [0.4, 0.5) is 0 Å². The summed E-state index contributed by atoms with van der Waals surface area (Å²) in [6, 6.07) is 9.76. The maximum atomic E-state index is 12.4. The summed E-state index contributed by atoms with van der Waals surface area (Å²) >= 11 is 0. The van der Waals surface area contributed by atoms with Crippen LogP contribution < -0.4 is 10.6 Å². The lowest BCUT2D eigenvalue weighted by Gasteiger charge is -2.12. The number of carbonyl (C=O) groups is 2. The van der Waals surface area contributed by atoms with Crippen LogP contribution in [-0.4, -0.2) is 22.8 Å².